The van der Waals surface area contributed by atoms with Gasteiger partial charge < -0.3 is 10.2 Å². The number of fused-ring (bicyclic) bond motifs is 1. The van der Waals surface area contributed by atoms with Gasteiger partial charge in [0.1, 0.15) is 0 Å². The van der Waals surface area contributed by atoms with Gasteiger partial charge in [0.25, 0.3) is 0 Å². The number of benzene rings is 1. The normalized spacial score (nSPS) is 11.9. The highest BCUT2D eigenvalue weighted by Gasteiger charge is 2.08. The van der Waals surface area contributed by atoms with E-state index in [1.165, 1.54) is 17.3 Å². The molecule has 21 heavy (non-hydrogen) atoms. The zero-order chi connectivity index (χ0) is 15.2. The van der Waals surface area contributed by atoms with Crippen molar-refractivity contribution in [2.75, 3.05) is 20.1 Å². The third kappa shape index (κ3) is 4.05. The molecule has 1 heterocycles. The van der Waals surface area contributed by atoms with Gasteiger partial charge in [-0.15, -0.1) is 0 Å². The molecular formula is C17H28N4. The minimum absolute atomic E-state index is 0.620. The molecule has 0 amide bonds. The monoisotopic (exact) mass is 288 g/mol. The van der Waals surface area contributed by atoms with Crippen LogP contribution in [0.4, 0.5) is 0 Å². The summed E-state index contributed by atoms with van der Waals surface area (Å²) in [6, 6.07) is 9.10. The van der Waals surface area contributed by atoms with Crippen molar-refractivity contribution >= 4 is 10.9 Å². The van der Waals surface area contributed by atoms with E-state index in [-0.39, 0.29) is 0 Å². The first-order valence-corrected chi connectivity index (χ1v) is 7.98. The third-order valence-corrected chi connectivity index (χ3v) is 4.07. The molecule has 1 aromatic heterocycles. The number of aromatic nitrogens is 2. The molecule has 0 atom stereocenters. The molecule has 2 rings (SSSR count). The molecule has 0 aliphatic heterocycles. The maximum absolute atomic E-state index is 4.71. The van der Waals surface area contributed by atoms with Crippen molar-refractivity contribution < 1.29 is 0 Å². The summed E-state index contributed by atoms with van der Waals surface area (Å²) in [5.74, 6) is 0. The largest absolute Gasteiger partial charge is 0.311 e. The zero-order valence-electron chi connectivity index (χ0n) is 13.8. The number of aryl methyl sites for hydroxylation is 1. The summed E-state index contributed by atoms with van der Waals surface area (Å²) in [5.41, 5.74) is 2.39. The Balaban J connectivity index is 1.86. The van der Waals surface area contributed by atoms with Crippen LogP contribution >= 0.6 is 0 Å². The minimum atomic E-state index is 0.620. The van der Waals surface area contributed by atoms with Gasteiger partial charge in [-0.3, -0.25) is 4.68 Å². The van der Waals surface area contributed by atoms with Gasteiger partial charge in [-0.25, -0.2) is 0 Å². The van der Waals surface area contributed by atoms with Crippen molar-refractivity contribution in [3.63, 3.8) is 0 Å². The standard InChI is InChI=1S/C17H28N4/c1-5-21-17-10-7-6-9-15(17)16(19-21)13-18-11-8-12-20(4)14(2)3/h6-7,9-10,14,18H,5,8,11-13H2,1-4H3. The molecule has 4 heteroatoms. The summed E-state index contributed by atoms with van der Waals surface area (Å²) in [5, 5.41) is 9.51. The van der Waals surface area contributed by atoms with Crippen LogP contribution in [0.25, 0.3) is 10.9 Å². The van der Waals surface area contributed by atoms with E-state index in [1.54, 1.807) is 0 Å². The topological polar surface area (TPSA) is 33.1 Å². The molecule has 0 saturated heterocycles. The maximum atomic E-state index is 4.71. The van der Waals surface area contributed by atoms with Crippen LogP contribution in [0.1, 0.15) is 32.9 Å². The van der Waals surface area contributed by atoms with E-state index in [1.807, 2.05) is 0 Å². The second kappa shape index (κ2) is 7.57. The lowest BCUT2D eigenvalue weighted by Gasteiger charge is -2.20. The number of nitrogens with zero attached hydrogens (tertiary/aromatic N) is 3. The Hall–Kier alpha value is -1.39. The highest BCUT2D eigenvalue weighted by atomic mass is 15.3. The second-order valence-corrected chi connectivity index (χ2v) is 5.88. The van der Waals surface area contributed by atoms with Crippen LogP contribution < -0.4 is 5.32 Å². The van der Waals surface area contributed by atoms with E-state index in [0.717, 1.165) is 31.9 Å². The Morgan fingerprint density at radius 1 is 1.29 bits per heavy atom. The fourth-order valence-corrected chi connectivity index (χ4v) is 2.49. The first-order chi connectivity index (χ1) is 10.1. The number of nitrogens with one attached hydrogen (secondary N) is 1. The predicted molar refractivity (Wildman–Crippen MR) is 89.5 cm³/mol. The lowest BCUT2D eigenvalue weighted by atomic mass is 10.2. The van der Waals surface area contributed by atoms with Crippen molar-refractivity contribution in [2.24, 2.45) is 0 Å². The summed E-state index contributed by atoms with van der Waals surface area (Å²) in [4.78, 5) is 2.38. The van der Waals surface area contributed by atoms with E-state index in [4.69, 9.17) is 5.10 Å². The Bertz CT molecular complexity index is 559. The van der Waals surface area contributed by atoms with Gasteiger partial charge >= 0.3 is 0 Å². The predicted octanol–water partition coefficient (Wildman–Crippen LogP) is 2.88. The molecule has 0 bridgehead atoms. The molecule has 116 valence electrons. The van der Waals surface area contributed by atoms with Gasteiger partial charge in [0.15, 0.2) is 0 Å². The Kier molecular flexibility index (Phi) is 5.76. The van der Waals surface area contributed by atoms with E-state index in [0.29, 0.717) is 6.04 Å². The summed E-state index contributed by atoms with van der Waals surface area (Å²) in [7, 11) is 2.18. The van der Waals surface area contributed by atoms with E-state index in [2.05, 4.69) is 67.0 Å². The molecule has 0 aliphatic rings. The molecular weight excluding hydrogens is 260 g/mol. The molecule has 0 radical (unpaired) electrons. The molecule has 1 N–H and O–H groups in total. The van der Waals surface area contributed by atoms with Crippen LogP contribution in [0.3, 0.4) is 0 Å². The number of para-hydroxylation sites is 1. The van der Waals surface area contributed by atoms with Gasteiger partial charge in [-0.2, -0.15) is 5.10 Å². The van der Waals surface area contributed by atoms with Crippen LogP contribution in [0.5, 0.6) is 0 Å². The average Bonchev–Trinajstić information content (AvgIpc) is 2.85. The van der Waals surface area contributed by atoms with E-state index < -0.39 is 0 Å². The van der Waals surface area contributed by atoms with Crippen molar-refractivity contribution in [3.8, 4) is 0 Å². The third-order valence-electron chi connectivity index (χ3n) is 4.07. The fraction of sp³-hybridized carbons (Fsp3) is 0.588. The number of hydrogen-bond acceptors (Lipinski definition) is 3. The smallest absolute Gasteiger partial charge is 0.0841 e. The van der Waals surface area contributed by atoms with Crippen LogP contribution in [0, 0.1) is 0 Å². The molecule has 2 aromatic rings. The summed E-state index contributed by atoms with van der Waals surface area (Å²) < 4.78 is 2.08. The van der Waals surface area contributed by atoms with Gasteiger partial charge in [0.2, 0.25) is 0 Å². The summed E-state index contributed by atoms with van der Waals surface area (Å²) >= 11 is 0. The Morgan fingerprint density at radius 2 is 2.05 bits per heavy atom. The molecule has 0 fully saturated rings. The molecule has 0 saturated carbocycles. The van der Waals surface area contributed by atoms with Crippen LogP contribution in [-0.2, 0) is 13.1 Å². The fourth-order valence-electron chi connectivity index (χ4n) is 2.49. The molecule has 0 unspecified atom stereocenters. The lowest BCUT2D eigenvalue weighted by molar-refractivity contribution is 0.269. The lowest BCUT2D eigenvalue weighted by Crippen LogP contribution is -2.29. The van der Waals surface area contributed by atoms with Gasteiger partial charge in [0, 0.05) is 24.5 Å². The van der Waals surface area contributed by atoms with Crippen molar-refractivity contribution in [1.82, 2.24) is 20.0 Å². The Labute approximate surface area is 128 Å². The highest BCUT2D eigenvalue weighted by Crippen LogP contribution is 2.18. The van der Waals surface area contributed by atoms with Crippen LogP contribution in [-0.4, -0.2) is 40.9 Å². The number of rotatable bonds is 8. The van der Waals surface area contributed by atoms with E-state index in [9.17, 15) is 0 Å². The first kappa shape index (κ1) is 16.0. The summed E-state index contributed by atoms with van der Waals surface area (Å²) in [6.07, 6.45) is 1.17. The van der Waals surface area contributed by atoms with Gasteiger partial charge in [-0.1, -0.05) is 18.2 Å². The summed E-state index contributed by atoms with van der Waals surface area (Å²) in [6.45, 7) is 10.5. The zero-order valence-corrected chi connectivity index (χ0v) is 13.8. The maximum Gasteiger partial charge on any atom is 0.0841 e. The first-order valence-electron chi connectivity index (χ1n) is 7.98. The van der Waals surface area contributed by atoms with Gasteiger partial charge in [-0.05, 0) is 53.4 Å². The second-order valence-electron chi connectivity index (χ2n) is 5.88. The molecule has 0 aliphatic carbocycles. The molecule has 1 aromatic carbocycles. The average molecular weight is 288 g/mol. The van der Waals surface area contributed by atoms with Crippen LogP contribution in [0.15, 0.2) is 24.3 Å². The highest BCUT2D eigenvalue weighted by molar-refractivity contribution is 5.81. The Morgan fingerprint density at radius 3 is 2.76 bits per heavy atom. The minimum Gasteiger partial charge on any atom is -0.311 e. The number of hydrogen-bond donors (Lipinski definition) is 1. The van der Waals surface area contributed by atoms with Gasteiger partial charge in [0.05, 0.1) is 11.2 Å². The van der Waals surface area contributed by atoms with Crippen molar-refractivity contribution in [1.29, 1.82) is 0 Å². The molecule has 4 nitrogen and oxygen atoms in total. The van der Waals surface area contributed by atoms with Crippen molar-refractivity contribution in [2.45, 2.75) is 46.3 Å². The SMILES string of the molecule is CCn1nc(CNCCCN(C)C(C)C)c2ccccc21. The van der Waals surface area contributed by atoms with Crippen LogP contribution in [0.2, 0.25) is 0 Å². The molecule has 0 spiro atoms. The van der Waals surface area contributed by atoms with Crippen molar-refractivity contribution in [3.05, 3.63) is 30.0 Å². The van der Waals surface area contributed by atoms with E-state index >= 15 is 0 Å². The quantitative estimate of drug-likeness (QED) is 0.758.